The van der Waals surface area contributed by atoms with Gasteiger partial charge in [-0.05, 0) is 21.1 Å². The van der Waals surface area contributed by atoms with Crippen molar-refractivity contribution in [3.05, 3.63) is 0 Å². The van der Waals surface area contributed by atoms with Gasteiger partial charge in [-0.25, -0.2) is 0 Å². The Labute approximate surface area is 112 Å². The molecule has 0 aromatic rings. The summed E-state index contributed by atoms with van der Waals surface area (Å²) in [6.45, 7) is 11.6. The van der Waals surface area contributed by atoms with Crippen LogP contribution < -0.4 is 5.73 Å². The van der Waals surface area contributed by atoms with Gasteiger partial charge in [0.25, 0.3) is 0 Å². The Balaban J connectivity index is 0.000000184. The second-order valence-electron chi connectivity index (χ2n) is 5.54. The number of hydrogen-bond donors (Lipinski definition) is 1. The summed E-state index contributed by atoms with van der Waals surface area (Å²) in [6.07, 6.45) is 0. The SMILES string of the molecule is CN1CCN(C)CC1.CN1CCN(CCN)CC1. The Morgan fingerprint density at radius 2 is 1.00 bits per heavy atom. The Bertz CT molecular complexity index is 186. The number of rotatable bonds is 2. The predicted molar refractivity (Wildman–Crippen MR) is 78.0 cm³/mol. The third-order valence-electron chi connectivity index (χ3n) is 3.77. The lowest BCUT2D eigenvalue weighted by atomic mass is 10.3. The van der Waals surface area contributed by atoms with Crippen LogP contribution in [0.1, 0.15) is 0 Å². The zero-order valence-electron chi connectivity index (χ0n) is 12.4. The lowest BCUT2D eigenvalue weighted by molar-refractivity contribution is 0.157. The minimum atomic E-state index is 0.795. The normalized spacial score (nSPS) is 24.7. The van der Waals surface area contributed by atoms with Gasteiger partial charge in [-0.15, -0.1) is 0 Å². The fraction of sp³-hybridized carbons (Fsp3) is 1.00. The second kappa shape index (κ2) is 8.82. The lowest BCUT2D eigenvalue weighted by Crippen LogP contribution is -2.45. The maximum atomic E-state index is 5.44. The van der Waals surface area contributed by atoms with E-state index in [1.807, 2.05) is 0 Å². The van der Waals surface area contributed by atoms with Gasteiger partial charge in [0.2, 0.25) is 0 Å². The third kappa shape index (κ3) is 6.66. The molecule has 2 heterocycles. The molecule has 2 rings (SSSR count). The van der Waals surface area contributed by atoms with Crippen LogP contribution in [0.5, 0.6) is 0 Å². The number of nitrogens with zero attached hydrogens (tertiary/aromatic N) is 4. The van der Waals surface area contributed by atoms with Crippen LogP contribution in [0.4, 0.5) is 0 Å². The van der Waals surface area contributed by atoms with Gasteiger partial charge in [0, 0.05) is 65.4 Å². The van der Waals surface area contributed by atoms with Crippen LogP contribution in [0, 0.1) is 0 Å². The summed E-state index contributed by atoms with van der Waals surface area (Å²) >= 11 is 0. The quantitative estimate of drug-likeness (QED) is 0.691. The van der Waals surface area contributed by atoms with Gasteiger partial charge in [0.1, 0.15) is 0 Å². The van der Waals surface area contributed by atoms with Gasteiger partial charge in [-0.2, -0.15) is 0 Å². The molecule has 0 aromatic carbocycles. The standard InChI is InChI=1S/C7H17N3.C6H14N2/c1-9-4-6-10(3-2-8)7-5-9;1-7-3-5-8(2)6-4-7/h2-8H2,1H3;3-6H2,1-2H3. The molecule has 0 unspecified atom stereocenters. The minimum absolute atomic E-state index is 0.795. The fourth-order valence-electron chi connectivity index (χ4n) is 2.16. The highest BCUT2D eigenvalue weighted by molar-refractivity contribution is 4.68. The predicted octanol–water partition coefficient (Wildman–Crippen LogP) is -0.944. The number of hydrogen-bond acceptors (Lipinski definition) is 5. The van der Waals surface area contributed by atoms with E-state index in [9.17, 15) is 0 Å². The maximum Gasteiger partial charge on any atom is 0.0110 e. The first-order chi connectivity index (χ1) is 8.61. The Morgan fingerprint density at radius 3 is 1.33 bits per heavy atom. The molecule has 0 aromatic heterocycles. The lowest BCUT2D eigenvalue weighted by Gasteiger charge is -2.31. The molecule has 0 spiro atoms. The van der Waals surface area contributed by atoms with E-state index in [-0.39, 0.29) is 0 Å². The molecule has 5 heteroatoms. The van der Waals surface area contributed by atoms with Gasteiger partial charge >= 0.3 is 0 Å². The van der Waals surface area contributed by atoms with Crippen LogP contribution >= 0.6 is 0 Å². The number of nitrogens with two attached hydrogens (primary N) is 1. The van der Waals surface area contributed by atoms with Crippen LogP contribution in [-0.4, -0.2) is 106 Å². The summed E-state index contributed by atoms with van der Waals surface area (Å²) in [6, 6.07) is 0. The van der Waals surface area contributed by atoms with E-state index >= 15 is 0 Å². The van der Waals surface area contributed by atoms with Crippen molar-refractivity contribution in [2.24, 2.45) is 5.73 Å². The topological polar surface area (TPSA) is 39.0 Å². The molecule has 2 aliphatic rings. The number of piperazine rings is 2. The Hall–Kier alpha value is -0.200. The average Bonchev–Trinajstić information content (AvgIpc) is 2.37. The molecule has 0 bridgehead atoms. The van der Waals surface area contributed by atoms with Crippen molar-refractivity contribution in [1.82, 2.24) is 19.6 Å². The van der Waals surface area contributed by atoms with E-state index in [0.717, 1.165) is 13.1 Å². The molecule has 0 radical (unpaired) electrons. The van der Waals surface area contributed by atoms with E-state index in [4.69, 9.17) is 5.73 Å². The molecule has 2 saturated heterocycles. The highest BCUT2D eigenvalue weighted by Crippen LogP contribution is 1.96. The van der Waals surface area contributed by atoms with Crippen LogP contribution in [0.3, 0.4) is 0 Å². The van der Waals surface area contributed by atoms with Gasteiger partial charge in [-0.1, -0.05) is 0 Å². The van der Waals surface area contributed by atoms with E-state index in [0.29, 0.717) is 0 Å². The monoisotopic (exact) mass is 257 g/mol. The van der Waals surface area contributed by atoms with Crippen LogP contribution in [0.25, 0.3) is 0 Å². The zero-order valence-corrected chi connectivity index (χ0v) is 12.4. The molecule has 2 N–H and O–H groups in total. The van der Waals surface area contributed by atoms with E-state index in [1.165, 1.54) is 52.4 Å². The van der Waals surface area contributed by atoms with Crippen molar-refractivity contribution in [3.63, 3.8) is 0 Å². The molecule has 2 fully saturated rings. The van der Waals surface area contributed by atoms with E-state index < -0.39 is 0 Å². The summed E-state index contributed by atoms with van der Waals surface area (Å²) < 4.78 is 0. The first kappa shape index (κ1) is 15.9. The molecule has 0 amide bonds. The average molecular weight is 257 g/mol. The highest BCUT2D eigenvalue weighted by atomic mass is 15.2. The maximum absolute atomic E-state index is 5.44. The summed E-state index contributed by atoms with van der Waals surface area (Å²) in [5.74, 6) is 0. The third-order valence-corrected chi connectivity index (χ3v) is 3.77. The zero-order chi connectivity index (χ0) is 13.4. The van der Waals surface area contributed by atoms with Crippen molar-refractivity contribution in [2.45, 2.75) is 0 Å². The Kier molecular flexibility index (Phi) is 7.77. The van der Waals surface area contributed by atoms with Gasteiger partial charge in [0.05, 0.1) is 0 Å². The van der Waals surface area contributed by atoms with Gasteiger partial charge in [0.15, 0.2) is 0 Å². The largest absolute Gasteiger partial charge is 0.329 e. The highest BCUT2D eigenvalue weighted by Gasteiger charge is 2.11. The van der Waals surface area contributed by atoms with E-state index in [1.54, 1.807) is 0 Å². The molecule has 5 nitrogen and oxygen atoms in total. The fourth-order valence-corrected chi connectivity index (χ4v) is 2.16. The van der Waals surface area contributed by atoms with Gasteiger partial charge < -0.3 is 20.4 Å². The molecule has 2 aliphatic heterocycles. The van der Waals surface area contributed by atoms with Crippen molar-refractivity contribution in [1.29, 1.82) is 0 Å². The van der Waals surface area contributed by atoms with Crippen LogP contribution in [0.15, 0.2) is 0 Å². The molecule has 18 heavy (non-hydrogen) atoms. The smallest absolute Gasteiger partial charge is 0.0110 e. The number of likely N-dealkylation sites (N-methyl/N-ethyl adjacent to an activating group) is 3. The summed E-state index contributed by atoms with van der Waals surface area (Å²) in [7, 11) is 6.51. The molecular formula is C13H31N5. The van der Waals surface area contributed by atoms with Crippen molar-refractivity contribution < 1.29 is 0 Å². The summed E-state index contributed by atoms with van der Waals surface area (Å²) in [5, 5.41) is 0. The first-order valence-electron chi connectivity index (χ1n) is 7.10. The molecule has 108 valence electrons. The van der Waals surface area contributed by atoms with Crippen molar-refractivity contribution in [2.75, 3.05) is 86.6 Å². The van der Waals surface area contributed by atoms with Crippen molar-refractivity contribution in [3.8, 4) is 0 Å². The van der Waals surface area contributed by atoms with Gasteiger partial charge in [-0.3, -0.25) is 4.90 Å². The van der Waals surface area contributed by atoms with Crippen molar-refractivity contribution >= 4 is 0 Å². The van der Waals surface area contributed by atoms with E-state index in [2.05, 4.69) is 40.7 Å². The second-order valence-corrected chi connectivity index (χ2v) is 5.54. The molecule has 0 atom stereocenters. The first-order valence-corrected chi connectivity index (χ1v) is 7.10. The summed E-state index contributed by atoms with van der Waals surface area (Å²) in [4.78, 5) is 9.49. The molecular weight excluding hydrogens is 226 g/mol. The summed E-state index contributed by atoms with van der Waals surface area (Å²) in [5.41, 5.74) is 5.44. The van der Waals surface area contributed by atoms with Crippen LogP contribution in [0.2, 0.25) is 0 Å². The minimum Gasteiger partial charge on any atom is -0.329 e. The molecule has 0 aliphatic carbocycles. The molecule has 0 saturated carbocycles. The van der Waals surface area contributed by atoms with Crippen LogP contribution in [-0.2, 0) is 0 Å². The Morgan fingerprint density at radius 1 is 0.667 bits per heavy atom.